The zero-order valence-corrected chi connectivity index (χ0v) is 14.2. The minimum Gasteiger partial charge on any atom is -0.355 e. The Hall–Kier alpha value is -2.28. The van der Waals surface area contributed by atoms with Crippen molar-refractivity contribution in [3.8, 4) is 11.4 Å². The Bertz CT molecular complexity index is 681. The van der Waals surface area contributed by atoms with Gasteiger partial charge in [0.05, 0.1) is 0 Å². The highest BCUT2D eigenvalue weighted by Crippen LogP contribution is 2.16. The van der Waals surface area contributed by atoms with E-state index in [1.54, 1.807) is 12.1 Å². The van der Waals surface area contributed by atoms with Gasteiger partial charge in [-0.15, -0.1) is 0 Å². The molecule has 3 rings (SSSR count). The number of piperidine rings is 1. The molecule has 1 amide bonds. The standard InChI is InChI=1S/C18H23FN4O2/c19-15-6-4-14(5-7-15)18-21-17(25-22-18)9-8-16(24)20-10-13-23-11-2-1-3-12-23/h4-7H,1-3,8-13H2,(H,20,24). The molecule has 2 heterocycles. The minimum atomic E-state index is -0.311. The Morgan fingerprint density at radius 2 is 1.96 bits per heavy atom. The molecule has 1 saturated heterocycles. The number of aryl methyl sites for hydroxylation is 1. The van der Waals surface area contributed by atoms with Gasteiger partial charge < -0.3 is 14.7 Å². The predicted molar refractivity (Wildman–Crippen MR) is 91.3 cm³/mol. The summed E-state index contributed by atoms with van der Waals surface area (Å²) in [7, 11) is 0. The second kappa shape index (κ2) is 8.71. The highest BCUT2D eigenvalue weighted by molar-refractivity contribution is 5.76. The third kappa shape index (κ3) is 5.35. The van der Waals surface area contributed by atoms with Crippen LogP contribution in [0.1, 0.15) is 31.6 Å². The number of amides is 1. The fourth-order valence-electron chi connectivity index (χ4n) is 2.92. The predicted octanol–water partition coefficient (Wildman–Crippen LogP) is 2.41. The largest absolute Gasteiger partial charge is 0.355 e. The quantitative estimate of drug-likeness (QED) is 0.834. The van der Waals surface area contributed by atoms with Gasteiger partial charge in [0.15, 0.2) is 0 Å². The normalized spacial score (nSPS) is 15.2. The van der Waals surface area contributed by atoms with E-state index in [2.05, 4.69) is 20.4 Å². The molecule has 0 bridgehead atoms. The summed E-state index contributed by atoms with van der Waals surface area (Å²) in [6.45, 7) is 3.83. The van der Waals surface area contributed by atoms with E-state index in [4.69, 9.17) is 4.52 Å². The Morgan fingerprint density at radius 1 is 1.20 bits per heavy atom. The van der Waals surface area contributed by atoms with Gasteiger partial charge in [-0.05, 0) is 50.2 Å². The molecule has 1 aliphatic rings. The van der Waals surface area contributed by atoms with Crippen LogP contribution in [-0.4, -0.2) is 47.1 Å². The van der Waals surface area contributed by atoms with Crippen molar-refractivity contribution in [1.29, 1.82) is 0 Å². The molecule has 1 aromatic carbocycles. The van der Waals surface area contributed by atoms with Crippen molar-refractivity contribution in [2.45, 2.75) is 32.1 Å². The van der Waals surface area contributed by atoms with Gasteiger partial charge >= 0.3 is 0 Å². The fourth-order valence-corrected chi connectivity index (χ4v) is 2.92. The molecule has 0 aliphatic carbocycles. The third-order valence-electron chi connectivity index (χ3n) is 4.34. The molecule has 6 nitrogen and oxygen atoms in total. The van der Waals surface area contributed by atoms with E-state index in [-0.39, 0.29) is 11.7 Å². The molecule has 0 saturated carbocycles. The molecule has 2 aromatic rings. The first kappa shape index (κ1) is 17.5. The molecule has 1 fully saturated rings. The van der Waals surface area contributed by atoms with Gasteiger partial charge in [0.25, 0.3) is 0 Å². The van der Waals surface area contributed by atoms with E-state index in [0.717, 1.165) is 19.6 Å². The molecule has 0 atom stereocenters. The molecule has 7 heteroatoms. The van der Waals surface area contributed by atoms with Crippen LogP contribution in [0.4, 0.5) is 4.39 Å². The zero-order chi connectivity index (χ0) is 17.5. The first-order valence-corrected chi connectivity index (χ1v) is 8.78. The lowest BCUT2D eigenvalue weighted by Gasteiger charge is -2.26. The van der Waals surface area contributed by atoms with Crippen LogP contribution in [-0.2, 0) is 11.2 Å². The lowest BCUT2D eigenvalue weighted by molar-refractivity contribution is -0.121. The molecule has 0 radical (unpaired) electrons. The number of nitrogens with one attached hydrogen (secondary N) is 1. The molecule has 1 aliphatic heterocycles. The maximum Gasteiger partial charge on any atom is 0.227 e. The Labute approximate surface area is 146 Å². The molecule has 1 aromatic heterocycles. The van der Waals surface area contributed by atoms with Gasteiger partial charge in [-0.2, -0.15) is 4.98 Å². The zero-order valence-electron chi connectivity index (χ0n) is 14.2. The van der Waals surface area contributed by atoms with Crippen molar-refractivity contribution in [2.75, 3.05) is 26.2 Å². The van der Waals surface area contributed by atoms with Crippen LogP contribution < -0.4 is 5.32 Å². The van der Waals surface area contributed by atoms with Crippen molar-refractivity contribution in [1.82, 2.24) is 20.4 Å². The molecule has 25 heavy (non-hydrogen) atoms. The molecule has 134 valence electrons. The van der Waals surface area contributed by atoms with Gasteiger partial charge in [0, 0.05) is 31.5 Å². The van der Waals surface area contributed by atoms with Crippen LogP contribution in [0.25, 0.3) is 11.4 Å². The third-order valence-corrected chi connectivity index (χ3v) is 4.34. The highest BCUT2D eigenvalue weighted by Gasteiger charge is 2.12. The number of aromatic nitrogens is 2. The summed E-state index contributed by atoms with van der Waals surface area (Å²) in [5.74, 6) is 0.484. The molecule has 0 spiro atoms. The van der Waals surface area contributed by atoms with Crippen LogP contribution in [0.2, 0.25) is 0 Å². The summed E-state index contributed by atoms with van der Waals surface area (Å²) < 4.78 is 18.1. The van der Waals surface area contributed by atoms with E-state index in [1.165, 1.54) is 31.4 Å². The van der Waals surface area contributed by atoms with E-state index < -0.39 is 0 Å². The average molecular weight is 346 g/mol. The summed E-state index contributed by atoms with van der Waals surface area (Å²) in [5, 5.41) is 6.80. The smallest absolute Gasteiger partial charge is 0.227 e. The molecule has 0 unspecified atom stereocenters. The number of halogens is 1. The van der Waals surface area contributed by atoms with Crippen LogP contribution >= 0.6 is 0 Å². The number of rotatable bonds is 7. The Balaban J connectivity index is 1.39. The van der Waals surface area contributed by atoms with Gasteiger partial charge in [0.1, 0.15) is 5.82 Å². The maximum atomic E-state index is 12.9. The van der Waals surface area contributed by atoms with Crippen molar-refractivity contribution >= 4 is 5.91 Å². The van der Waals surface area contributed by atoms with Gasteiger partial charge in [-0.25, -0.2) is 4.39 Å². The average Bonchev–Trinajstić information content (AvgIpc) is 3.10. The number of hydrogen-bond acceptors (Lipinski definition) is 5. The van der Waals surface area contributed by atoms with Gasteiger partial charge in [-0.3, -0.25) is 4.79 Å². The lowest BCUT2D eigenvalue weighted by Crippen LogP contribution is -2.37. The summed E-state index contributed by atoms with van der Waals surface area (Å²) in [6, 6.07) is 5.89. The maximum absolute atomic E-state index is 12.9. The number of hydrogen-bond donors (Lipinski definition) is 1. The van der Waals surface area contributed by atoms with Crippen LogP contribution in [0, 0.1) is 5.82 Å². The lowest BCUT2D eigenvalue weighted by atomic mass is 10.1. The van der Waals surface area contributed by atoms with Crippen LogP contribution in [0.3, 0.4) is 0 Å². The Kier molecular flexibility index (Phi) is 6.11. The van der Waals surface area contributed by atoms with Crippen molar-refractivity contribution in [3.05, 3.63) is 36.0 Å². The molecular formula is C18H23FN4O2. The SMILES string of the molecule is O=C(CCc1nc(-c2ccc(F)cc2)no1)NCCN1CCCCC1. The topological polar surface area (TPSA) is 71.3 Å². The minimum absolute atomic E-state index is 0.0152. The fraction of sp³-hybridized carbons (Fsp3) is 0.500. The van der Waals surface area contributed by atoms with Crippen molar-refractivity contribution in [2.24, 2.45) is 0 Å². The van der Waals surface area contributed by atoms with E-state index >= 15 is 0 Å². The second-order valence-corrected chi connectivity index (χ2v) is 6.27. The number of carbonyl (C=O) groups excluding carboxylic acids is 1. The number of benzene rings is 1. The van der Waals surface area contributed by atoms with Gasteiger partial charge in [-0.1, -0.05) is 11.6 Å². The summed E-state index contributed by atoms with van der Waals surface area (Å²) in [6.07, 6.45) is 4.52. The van der Waals surface area contributed by atoms with Crippen LogP contribution in [0.5, 0.6) is 0 Å². The monoisotopic (exact) mass is 346 g/mol. The second-order valence-electron chi connectivity index (χ2n) is 6.27. The highest BCUT2D eigenvalue weighted by atomic mass is 19.1. The van der Waals surface area contributed by atoms with Gasteiger partial charge in [0.2, 0.25) is 17.6 Å². The first-order valence-electron chi connectivity index (χ1n) is 8.78. The van der Waals surface area contributed by atoms with E-state index in [0.29, 0.717) is 36.7 Å². The number of likely N-dealkylation sites (tertiary alicyclic amines) is 1. The molecular weight excluding hydrogens is 323 g/mol. The van der Waals surface area contributed by atoms with Crippen LogP contribution in [0.15, 0.2) is 28.8 Å². The molecule has 1 N–H and O–H groups in total. The van der Waals surface area contributed by atoms with Crippen molar-refractivity contribution < 1.29 is 13.7 Å². The summed E-state index contributed by atoms with van der Waals surface area (Å²) in [5.41, 5.74) is 0.683. The van der Waals surface area contributed by atoms with Crippen molar-refractivity contribution in [3.63, 3.8) is 0 Å². The number of nitrogens with zero attached hydrogens (tertiary/aromatic N) is 3. The number of carbonyl (C=O) groups is 1. The van der Waals surface area contributed by atoms with E-state index in [9.17, 15) is 9.18 Å². The summed E-state index contributed by atoms with van der Waals surface area (Å²) in [4.78, 5) is 18.5. The first-order chi connectivity index (χ1) is 12.2. The van der Waals surface area contributed by atoms with E-state index in [1.807, 2.05) is 0 Å². The Morgan fingerprint density at radius 3 is 2.72 bits per heavy atom. The summed E-state index contributed by atoms with van der Waals surface area (Å²) >= 11 is 0.